The molecule has 0 aromatic carbocycles. The lowest BCUT2D eigenvalue weighted by Gasteiger charge is -2.12. The second-order valence-corrected chi connectivity index (χ2v) is 5.84. The van der Waals surface area contributed by atoms with E-state index < -0.39 is 17.7 Å². The minimum absolute atomic E-state index is 0.0404. The van der Waals surface area contributed by atoms with Gasteiger partial charge in [0.1, 0.15) is 6.61 Å². The Morgan fingerprint density at radius 1 is 1.23 bits per heavy atom. The molecule has 3 amide bonds. The van der Waals surface area contributed by atoms with Gasteiger partial charge >= 0.3 is 5.97 Å². The van der Waals surface area contributed by atoms with Gasteiger partial charge in [0.05, 0.1) is 6.61 Å². The quantitative estimate of drug-likeness (QED) is 0.128. The fraction of sp³-hybridized carbons (Fsp3) is 0.750. The molecule has 144 valence electrons. The monoisotopic (exact) mass is 368 g/mol. The first-order valence-corrected chi connectivity index (χ1v) is 8.62. The summed E-state index contributed by atoms with van der Waals surface area (Å²) in [6, 6.07) is 0. The van der Waals surface area contributed by atoms with Crippen LogP contribution in [-0.4, -0.2) is 55.0 Å². The fourth-order valence-electron chi connectivity index (χ4n) is 2.39. The van der Waals surface area contributed by atoms with Gasteiger partial charge in [0, 0.05) is 43.7 Å². The molecule has 1 fully saturated rings. The molecule has 10 nitrogen and oxygen atoms in total. The van der Waals surface area contributed by atoms with Gasteiger partial charge in [-0.2, -0.15) is 0 Å². The van der Waals surface area contributed by atoms with Crippen molar-refractivity contribution in [2.24, 2.45) is 11.0 Å². The molecule has 1 rings (SSSR count). The molecular formula is C16H24N4O6. The lowest BCUT2D eigenvalue weighted by Crippen LogP contribution is -2.35. The lowest BCUT2D eigenvalue weighted by atomic mass is 10.0. The molecule has 10 heteroatoms. The van der Waals surface area contributed by atoms with Gasteiger partial charge in [-0.1, -0.05) is 18.5 Å². The molecule has 26 heavy (non-hydrogen) atoms. The van der Waals surface area contributed by atoms with Crippen LogP contribution >= 0.6 is 0 Å². The standard InChI is InChI=1S/C16H24N4O6/c1-2-12(11-18-19-17)10-16(24)26-9-8-25-7-3-4-13(21)20-14(22)5-6-15(20)23/h12H,2-11H2,1H3. The van der Waals surface area contributed by atoms with Crippen molar-refractivity contribution < 1.29 is 28.7 Å². The Morgan fingerprint density at radius 3 is 2.54 bits per heavy atom. The average molecular weight is 368 g/mol. The SMILES string of the molecule is CCC(CN=[N+]=[N-])CC(=O)OCCOCCCC(=O)N1C(=O)CCC1=O. The van der Waals surface area contributed by atoms with Crippen LogP contribution in [0.25, 0.3) is 10.4 Å². The summed E-state index contributed by atoms with van der Waals surface area (Å²) in [6.07, 6.45) is 1.49. The van der Waals surface area contributed by atoms with E-state index in [9.17, 15) is 19.2 Å². The number of ether oxygens (including phenoxy) is 2. The summed E-state index contributed by atoms with van der Waals surface area (Å²) in [7, 11) is 0. The van der Waals surface area contributed by atoms with Crippen molar-refractivity contribution >= 4 is 23.7 Å². The number of rotatable bonds is 12. The van der Waals surface area contributed by atoms with Crippen molar-refractivity contribution in [3.63, 3.8) is 0 Å². The van der Waals surface area contributed by atoms with E-state index in [4.69, 9.17) is 15.0 Å². The zero-order valence-electron chi connectivity index (χ0n) is 14.9. The summed E-state index contributed by atoms with van der Waals surface area (Å²) in [5.41, 5.74) is 8.28. The minimum atomic E-state index is -0.502. The third-order valence-electron chi connectivity index (χ3n) is 3.91. The Morgan fingerprint density at radius 2 is 1.92 bits per heavy atom. The van der Waals surface area contributed by atoms with E-state index >= 15 is 0 Å². The van der Waals surface area contributed by atoms with Crippen molar-refractivity contribution in [1.82, 2.24) is 4.90 Å². The molecule has 1 aliphatic rings. The number of likely N-dealkylation sites (tertiary alicyclic amines) is 1. The van der Waals surface area contributed by atoms with E-state index in [1.54, 1.807) is 0 Å². The highest BCUT2D eigenvalue weighted by atomic mass is 16.6. The first-order valence-electron chi connectivity index (χ1n) is 8.62. The Kier molecular flexibility index (Phi) is 9.96. The normalized spacial score (nSPS) is 14.9. The van der Waals surface area contributed by atoms with Crippen molar-refractivity contribution in [3.05, 3.63) is 10.4 Å². The number of amides is 3. The van der Waals surface area contributed by atoms with E-state index in [1.165, 1.54) is 0 Å². The number of carbonyl (C=O) groups excluding carboxylic acids is 4. The van der Waals surface area contributed by atoms with Gasteiger partial charge in [-0.15, -0.1) is 0 Å². The summed E-state index contributed by atoms with van der Waals surface area (Å²) in [5.74, 6) is -1.81. The van der Waals surface area contributed by atoms with Crippen LogP contribution in [0.2, 0.25) is 0 Å². The van der Waals surface area contributed by atoms with Gasteiger partial charge in [0.25, 0.3) is 0 Å². The van der Waals surface area contributed by atoms with Crippen molar-refractivity contribution in [3.8, 4) is 0 Å². The fourth-order valence-corrected chi connectivity index (χ4v) is 2.39. The summed E-state index contributed by atoms with van der Waals surface area (Å²) in [6.45, 7) is 2.70. The number of nitrogens with zero attached hydrogens (tertiary/aromatic N) is 4. The first-order chi connectivity index (χ1) is 12.5. The zero-order valence-corrected chi connectivity index (χ0v) is 14.9. The van der Waals surface area contributed by atoms with Crippen LogP contribution in [0.3, 0.4) is 0 Å². The molecule has 0 aliphatic carbocycles. The van der Waals surface area contributed by atoms with Gasteiger partial charge in [0.15, 0.2) is 0 Å². The van der Waals surface area contributed by atoms with Crippen molar-refractivity contribution in [2.75, 3.05) is 26.4 Å². The number of imide groups is 3. The minimum Gasteiger partial charge on any atom is -0.463 e. The molecule has 1 heterocycles. The largest absolute Gasteiger partial charge is 0.463 e. The molecule has 0 spiro atoms. The van der Waals surface area contributed by atoms with E-state index in [1.807, 2.05) is 6.92 Å². The van der Waals surface area contributed by atoms with Gasteiger partial charge in [-0.25, -0.2) is 4.90 Å². The van der Waals surface area contributed by atoms with Crippen LogP contribution in [0, 0.1) is 5.92 Å². The second-order valence-electron chi connectivity index (χ2n) is 5.84. The maximum atomic E-state index is 11.8. The maximum absolute atomic E-state index is 11.8. The molecule has 0 bridgehead atoms. The van der Waals surface area contributed by atoms with E-state index in [0.29, 0.717) is 17.7 Å². The first kappa shape index (κ1) is 21.6. The number of esters is 1. The summed E-state index contributed by atoms with van der Waals surface area (Å²) in [5, 5.41) is 3.45. The molecule has 0 N–H and O–H groups in total. The molecule has 0 radical (unpaired) electrons. The van der Waals surface area contributed by atoms with Crippen LogP contribution in [-0.2, 0) is 28.7 Å². The van der Waals surface area contributed by atoms with Crippen LogP contribution in [0.15, 0.2) is 5.11 Å². The molecule has 0 aromatic heterocycles. The topological polar surface area (TPSA) is 139 Å². The van der Waals surface area contributed by atoms with Crippen LogP contribution in [0.1, 0.15) is 45.4 Å². The Hall–Kier alpha value is -2.45. The van der Waals surface area contributed by atoms with Crippen molar-refractivity contribution in [2.45, 2.75) is 45.4 Å². The van der Waals surface area contributed by atoms with Gasteiger partial charge in [-0.3, -0.25) is 19.2 Å². The van der Waals surface area contributed by atoms with Crippen LogP contribution in [0.5, 0.6) is 0 Å². The van der Waals surface area contributed by atoms with Crippen molar-refractivity contribution in [1.29, 1.82) is 0 Å². The molecule has 1 atom stereocenters. The predicted octanol–water partition coefficient (Wildman–Crippen LogP) is 1.73. The van der Waals surface area contributed by atoms with Crippen LogP contribution in [0.4, 0.5) is 0 Å². The number of azide groups is 1. The number of hydrogen-bond donors (Lipinski definition) is 0. The second kappa shape index (κ2) is 12.0. The van der Waals surface area contributed by atoms with Gasteiger partial charge in [0.2, 0.25) is 17.7 Å². The third kappa shape index (κ3) is 7.62. The highest BCUT2D eigenvalue weighted by molar-refractivity contribution is 6.14. The third-order valence-corrected chi connectivity index (χ3v) is 3.91. The zero-order chi connectivity index (χ0) is 19.4. The smallest absolute Gasteiger partial charge is 0.306 e. The molecule has 1 unspecified atom stereocenters. The summed E-state index contributed by atoms with van der Waals surface area (Å²) >= 11 is 0. The molecule has 1 aliphatic heterocycles. The average Bonchev–Trinajstić information content (AvgIpc) is 2.96. The molecule has 0 aromatic rings. The number of carbonyl (C=O) groups is 4. The molecule has 0 saturated carbocycles. The van der Waals surface area contributed by atoms with Gasteiger partial charge < -0.3 is 9.47 Å². The van der Waals surface area contributed by atoms with E-state index in [-0.39, 0.29) is 63.9 Å². The Balaban J connectivity index is 2.07. The van der Waals surface area contributed by atoms with E-state index in [0.717, 1.165) is 0 Å². The number of hydrogen-bond acceptors (Lipinski definition) is 7. The highest BCUT2D eigenvalue weighted by Crippen LogP contribution is 2.13. The summed E-state index contributed by atoms with van der Waals surface area (Å²) < 4.78 is 10.3. The molecule has 1 saturated heterocycles. The Bertz CT molecular complexity index is 557. The summed E-state index contributed by atoms with van der Waals surface area (Å²) in [4.78, 5) is 49.6. The van der Waals surface area contributed by atoms with Crippen LogP contribution < -0.4 is 0 Å². The predicted molar refractivity (Wildman–Crippen MR) is 89.5 cm³/mol. The lowest BCUT2D eigenvalue weighted by molar-refractivity contribution is -0.149. The maximum Gasteiger partial charge on any atom is 0.306 e. The Labute approximate surface area is 151 Å². The van der Waals surface area contributed by atoms with E-state index in [2.05, 4.69) is 10.0 Å². The van der Waals surface area contributed by atoms with Gasteiger partial charge in [-0.05, 0) is 17.9 Å². The molecular weight excluding hydrogens is 344 g/mol. The highest BCUT2D eigenvalue weighted by Gasteiger charge is 2.33.